The molecule has 210 valence electrons. The lowest BCUT2D eigenvalue weighted by Crippen LogP contribution is -2.48. The topological polar surface area (TPSA) is 131 Å². The molecular weight excluding hydrogens is 539 g/mol. The zero-order valence-electron chi connectivity index (χ0n) is 21.6. The Labute approximate surface area is 233 Å². The molecule has 3 aliphatic heterocycles. The molecule has 3 aliphatic rings. The molecule has 0 unspecified atom stereocenters. The van der Waals surface area contributed by atoms with E-state index >= 15 is 0 Å². The summed E-state index contributed by atoms with van der Waals surface area (Å²) in [4.78, 5) is 16.9. The number of aliphatic hydroxyl groups is 1. The van der Waals surface area contributed by atoms with Crippen LogP contribution in [0.15, 0.2) is 45.9 Å². The maximum Gasteiger partial charge on any atom is 0.225 e. The molecule has 4 aromatic rings. The van der Waals surface area contributed by atoms with Crippen molar-refractivity contribution in [3.63, 3.8) is 0 Å². The Hall–Kier alpha value is -3.59. The molecule has 12 nitrogen and oxygen atoms in total. The SMILES string of the molecule is Nc1nc2c(c3nc(-c4ccco4)nn13)SCN2CCN1CCN(c2ccc(O[C@H]3COC[C@@H]3O)cc2F)CC1. The van der Waals surface area contributed by atoms with E-state index in [1.54, 1.807) is 40.7 Å². The molecule has 3 aromatic heterocycles. The average Bonchev–Trinajstić information content (AvgIpc) is 3.76. The molecule has 0 aliphatic carbocycles. The number of aromatic nitrogens is 4. The summed E-state index contributed by atoms with van der Waals surface area (Å²) in [5.74, 6) is 2.99. The molecule has 0 saturated carbocycles. The van der Waals surface area contributed by atoms with E-state index in [0.29, 0.717) is 35.3 Å². The number of anilines is 3. The van der Waals surface area contributed by atoms with E-state index < -0.39 is 12.2 Å². The Bertz CT molecular complexity index is 1510. The van der Waals surface area contributed by atoms with Crippen molar-refractivity contribution in [2.24, 2.45) is 0 Å². The Morgan fingerprint density at radius 2 is 2.00 bits per heavy atom. The van der Waals surface area contributed by atoms with Gasteiger partial charge in [-0.3, -0.25) is 4.90 Å². The van der Waals surface area contributed by atoms with Crippen molar-refractivity contribution in [3.05, 3.63) is 42.4 Å². The van der Waals surface area contributed by atoms with Gasteiger partial charge in [-0.15, -0.1) is 5.10 Å². The summed E-state index contributed by atoms with van der Waals surface area (Å²) in [6.45, 7) is 5.27. The molecule has 2 atom stereocenters. The summed E-state index contributed by atoms with van der Waals surface area (Å²) in [6.07, 6.45) is 0.425. The van der Waals surface area contributed by atoms with E-state index in [4.69, 9.17) is 19.6 Å². The predicted molar refractivity (Wildman–Crippen MR) is 147 cm³/mol. The van der Waals surface area contributed by atoms with Gasteiger partial charge < -0.3 is 34.5 Å². The molecule has 2 saturated heterocycles. The number of hydrogen-bond acceptors (Lipinski definition) is 12. The van der Waals surface area contributed by atoms with E-state index in [2.05, 4.69) is 29.8 Å². The predicted octanol–water partition coefficient (Wildman–Crippen LogP) is 1.94. The number of fused-ring (bicyclic) bond motifs is 3. The first kappa shape index (κ1) is 25.4. The minimum absolute atomic E-state index is 0.238. The van der Waals surface area contributed by atoms with Crippen LogP contribution in [-0.4, -0.2) is 100 Å². The van der Waals surface area contributed by atoms with E-state index in [1.165, 1.54) is 6.07 Å². The van der Waals surface area contributed by atoms with E-state index in [1.807, 2.05) is 6.07 Å². The smallest absolute Gasteiger partial charge is 0.225 e. The highest BCUT2D eigenvalue weighted by Gasteiger charge is 2.30. The molecule has 6 heterocycles. The molecule has 0 bridgehead atoms. The third-order valence-corrected chi connectivity index (χ3v) is 8.56. The fraction of sp³-hybridized carbons (Fsp3) is 0.423. The number of benzene rings is 1. The largest absolute Gasteiger partial charge is 0.485 e. The van der Waals surface area contributed by atoms with E-state index in [0.717, 1.165) is 55.9 Å². The maximum absolute atomic E-state index is 14.9. The second-order valence-corrected chi connectivity index (χ2v) is 11.0. The van der Waals surface area contributed by atoms with Crippen molar-refractivity contribution < 1.29 is 23.4 Å². The fourth-order valence-corrected chi connectivity index (χ4v) is 6.36. The van der Waals surface area contributed by atoms with Crippen LogP contribution >= 0.6 is 11.8 Å². The highest BCUT2D eigenvalue weighted by atomic mass is 32.2. The van der Waals surface area contributed by atoms with Crippen LogP contribution < -0.4 is 20.3 Å². The van der Waals surface area contributed by atoms with Crippen LogP contribution in [0.3, 0.4) is 0 Å². The standard InChI is InChI=1S/C26H29FN8O4S/c27-17-12-16(39-21-14-37-13-19(21)36)3-4-18(17)33-8-5-32(6-9-33)7-10-34-15-40-22-24(34)30-26(28)35-25(22)29-23(31-35)20-2-1-11-38-20/h1-4,11-12,19,21,36H,5-10,13-15H2,(H2,28,30)/t19-,21-/m0/s1. The summed E-state index contributed by atoms with van der Waals surface area (Å²) >= 11 is 1.68. The molecule has 0 radical (unpaired) electrons. The van der Waals surface area contributed by atoms with Crippen molar-refractivity contribution in [3.8, 4) is 17.3 Å². The highest BCUT2D eigenvalue weighted by molar-refractivity contribution is 8.00. The monoisotopic (exact) mass is 568 g/mol. The number of nitrogen functional groups attached to an aromatic ring is 1. The van der Waals surface area contributed by atoms with Crippen molar-refractivity contribution in [2.75, 3.05) is 73.9 Å². The molecule has 0 spiro atoms. The molecule has 0 amide bonds. The fourth-order valence-electron chi connectivity index (χ4n) is 5.26. The van der Waals surface area contributed by atoms with Crippen LogP contribution in [0, 0.1) is 5.82 Å². The van der Waals surface area contributed by atoms with Crippen molar-refractivity contribution in [2.45, 2.75) is 17.1 Å². The summed E-state index contributed by atoms with van der Waals surface area (Å²) in [5, 5.41) is 14.3. The number of rotatable bonds is 7. The van der Waals surface area contributed by atoms with Gasteiger partial charge in [0.1, 0.15) is 23.8 Å². The summed E-state index contributed by atoms with van der Waals surface area (Å²) in [7, 11) is 0. The number of piperazine rings is 1. The second kappa shape index (κ2) is 10.4. The normalized spacial score (nSPS) is 21.4. The Balaban J connectivity index is 0.961. The van der Waals surface area contributed by atoms with Crippen molar-refractivity contribution in [1.29, 1.82) is 0 Å². The minimum atomic E-state index is -0.694. The van der Waals surface area contributed by atoms with Crippen molar-refractivity contribution >= 4 is 34.9 Å². The van der Waals surface area contributed by atoms with Crippen molar-refractivity contribution in [1.82, 2.24) is 24.5 Å². The van der Waals surface area contributed by atoms with Gasteiger partial charge in [0.15, 0.2) is 17.2 Å². The van der Waals surface area contributed by atoms with Crippen LogP contribution in [0.1, 0.15) is 0 Å². The number of hydrogen-bond donors (Lipinski definition) is 2. The molecule has 7 rings (SSSR count). The van der Waals surface area contributed by atoms with E-state index in [-0.39, 0.29) is 18.4 Å². The van der Waals surface area contributed by atoms with Gasteiger partial charge in [-0.25, -0.2) is 9.37 Å². The van der Waals surface area contributed by atoms with Gasteiger partial charge in [-0.2, -0.15) is 9.50 Å². The van der Waals surface area contributed by atoms with Gasteiger partial charge in [0.2, 0.25) is 11.8 Å². The Kier molecular flexibility index (Phi) is 6.62. The highest BCUT2D eigenvalue weighted by Crippen LogP contribution is 2.40. The van der Waals surface area contributed by atoms with Crippen LogP contribution in [0.4, 0.5) is 21.8 Å². The number of nitrogens with two attached hydrogens (primary N) is 1. The van der Waals surface area contributed by atoms with Gasteiger partial charge in [-0.1, -0.05) is 11.8 Å². The first-order valence-corrected chi connectivity index (χ1v) is 14.2. The Morgan fingerprint density at radius 1 is 1.12 bits per heavy atom. The van der Waals surface area contributed by atoms with Crippen LogP contribution in [-0.2, 0) is 4.74 Å². The second-order valence-electron chi connectivity index (χ2n) is 10.0. The number of nitrogens with zero attached hydrogens (tertiary/aromatic N) is 7. The summed E-state index contributed by atoms with van der Waals surface area (Å²) in [5.41, 5.74) is 7.49. The van der Waals surface area contributed by atoms with Gasteiger partial charge in [-0.05, 0) is 24.3 Å². The van der Waals surface area contributed by atoms with Crippen LogP contribution in [0.25, 0.3) is 17.2 Å². The number of thioether (sulfide) groups is 1. The quantitative estimate of drug-likeness (QED) is 0.338. The first-order valence-electron chi connectivity index (χ1n) is 13.2. The third kappa shape index (κ3) is 4.70. The summed E-state index contributed by atoms with van der Waals surface area (Å²) < 4.78 is 32.9. The lowest BCUT2D eigenvalue weighted by atomic mass is 10.2. The molecule has 40 heavy (non-hydrogen) atoms. The van der Waals surface area contributed by atoms with Gasteiger partial charge in [0.25, 0.3) is 0 Å². The Morgan fingerprint density at radius 3 is 2.75 bits per heavy atom. The first-order chi connectivity index (χ1) is 19.5. The van der Waals surface area contributed by atoms with Gasteiger partial charge in [0.05, 0.1) is 35.9 Å². The average molecular weight is 569 g/mol. The zero-order valence-corrected chi connectivity index (χ0v) is 22.5. The van der Waals surface area contributed by atoms with E-state index in [9.17, 15) is 9.50 Å². The molecular formula is C26H29FN8O4S. The molecule has 14 heteroatoms. The lowest BCUT2D eigenvalue weighted by molar-refractivity contribution is 0.0731. The minimum Gasteiger partial charge on any atom is -0.485 e. The van der Waals surface area contributed by atoms with Crippen LogP contribution in [0.5, 0.6) is 5.75 Å². The molecule has 1 aromatic carbocycles. The third-order valence-electron chi connectivity index (χ3n) is 7.46. The summed E-state index contributed by atoms with van der Waals surface area (Å²) in [6, 6.07) is 8.50. The van der Waals surface area contributed by atoms with Crippen LogP contribution in [0.2, 0.25) is 0 Å². The number of ether oxygens (including phenoxy) is 2. The molecule has 2 fully saturated rings. The van der Waals surface area contributed by atoms with Gasteiger partial charge in [0, 0.05) is 45.3 Å². The van der Waals surface area contributed by atoms with Gasteiger partial charge >= 0.3 is 0 Å². The maximum atomic E-state index is 14.9. The number of furan rings is 1. The number of halogens is 1. The molecule has 3 N–H and O–H groups in total. The number of aliphatic hydroxyl groups excluding tert-OH is 1. The lowest BCUT2D eigenvalue weighted by Gasteiger charge is -2.37. The zero-order chi connectivity index (χ0) is 27.2.